The number of rotatable bonds is 4. The van der Waals surface area contributed by atoms with Gasteiger partial charge in [0.2, 0.25) is 0 Å². The molecule has 2 unspecified atom stereocenters. The van der Waals surface area contributed by atoms with Crippen molar-refractivity contribution in [2.45, 2.75) is 38.8 Å². The van der Waals surface area contributed by atoms with Gasteiger partial charge >= 0.3 is 12.0 Å². The summed E-state index contributed by atoms with van der Waals surface area (Å²) in [6, 6.07) is -0.292. The summed E-state index contributed by atoms with van der Waals surface area (Å²) in [6.07, 6.45) is 0.779. The topological polar surface area (TPSA) is 78.9 Å². The van der Waals surface area contributed by atoms with Crippen molar-refractivity contribution in [1.82, 2.24) is 10.2 Å². The first kappa shape index (κ1) is 14.8. The number of carbonyl (C=O) groups excluding carboxylic acids is 1. The van der Waals surface area contributed by atoms with Crippen LogP contribution in [0.4, 0.5) is 4.79 Å². The minimum atomic E-state index is -0.904. The Hall–Kier alpha value is -1.30. The van der Waals surface area contributed by atoms with Gasteiger partial charge in [0.25, 0.3) is 0 Å². The molecule has 0 saturated carbocycles. The van der Waals surface area contributed by atoms with E-state index in [0.717, 1.165) is 6.42 Å². The Morgan fingerprint density at radius 2 is 2.17 bits per heavy atom. The lowest BCUT2D eigenvalue weighted by molar-refractivity contribution is -0.141. The maximum Gasteiger partial charge on any atom is 0.317 e. The van der Waals surface area contributed by atoms with Crippen molar-refractivity contribution < 1.29 is 19.4 Å². The highest BCUT2D eigenvalue weighted by molar-refractivity contribution is 5.76. The molecule has 2 N–H and O–H groups in total. The van der Waals surface area contributed by atoms with Crippen molar-refractivity contribution >= 4 is 12.0 Å². The first-order valence-corrected chi connectivity index (χ1v) is 6.12. The number of aliphatic carboxylic acids is 1. The lowest BCUT2D eigenvalue weighted by Gasteiger charge is -2.29. The van der Waals surface area contributed by atoms with Gasteiger partial charge in [0.15, 0.2) is 0 Å². The van der Waals surface area contributed by atoms with Crippen molar-refractivity contribution in [1.29, 1.82) is 0 Å². The van der Waals surface area contributed by atoms with Crippen molar-refractivity contribution in [3.63, 3.8) is 0 Å². The molecule has 0 aromatic carbocycles. The van der Waals surface area contributed by atoms with Gasteiger partial charge in [-0.2, -0.15) is 0 Å². The lowest BCUT2D eigenvalue weighted by atomic mass is 9.99. The summed E-state index contributed by atoms with van der Waals surface area (Å²) in [4.78, 5) is 24.0. The zero-order valence-electron chi connectivity index (χ0n) is 11.4. The predicted octanol–water partition coefficient (Wildman–Crippen LogP) is 0.916. The van der Waals surface area contributed by atoms with Gasteiger partial charge in [-0.3, -0.25) is 4.79 Å². The number of carboxylic acid groups (broad SMARTS) is 1. The molecule has 2 amide bonds. The Balaban J connectivity index is 2.47. The number of hydrogen-bond acceptors (Lipinski definition) is 3. The van der Waals surface area contributed by atoms with Crippen LogP contribution < -0.4 is 5.32 Å². The normalized spacial score (nSPS) is 23.4. The zero-order chi connectivity index (χ0) is 13.9. The highest BCUT2D eigenvalue weighted by Crippen LogP contribution is 2.24. The van der Waals surface area contributed by atoms with E-state index < -0.39 is 11.9 Å². The predicted molar refractivity (Wildman–Crippen MR) is 66.4 cm³/mol. The monoisotopic (exact) mass is 258 g/mol. The van der Waals surface area contributed by atoms with Gasteiger partial charge in [-0.15, -0.1) is 0 Å². The van der Waals surface area contributed by atoms with Crippen LogP contribution in [-0.4, -0.2) is 53.8 Å². The first-order valence-electron chi connectivity index (χ1n) is 6.12. The van der Waals surface area contributed by atoms with E-state index in [1.54, 1.807) is 14.0 Å². The van der Waals surface area contributed by atoms with Crippen molar-refractivity contribution in [2.24, 2.45) is 5.92 Å². The van der Waals surface area contributed by atoms with E-state index in [-0.39, 0.29) is 24.2 Å². The molecule has 6 nitrogen and oxygen atoms in total. The summed E-state index contributed by atoms with van der Waals surface area (Å²) in [7, 11) is 1.59. The molecule has 0 spiro atoms. The maximum atomic E-state index is 11.9. The van der Waals surface area contributed by atoms with Crippen LogP contribution in [0.3, 0.4) is 0 Å². The molecule has 6 heteroatoms. The first-order chi connectivity index (χ1) is 8.24. The van der Waals surface area contributed by atoms with Crippen LogP contribution >= 0.6 is 0 Å². The second-order valence-electron chi connectivity index (χ2n) is 5.36. The van der Waals surface area contributed by atoms with E-state index in [9.17, 15) is 9.59 Å². The minimum absolute atomic E-state index is 0.0346. The van der Waals surface area contributed by atoms with Gasteiger partial charge in [0.05, 0.1) is 17.6 Å². The Morgan fingerprint density at radius 1 is 1.56 bits per heavy atom. The molecule has 0 aromatic rings. The van der Waals surface area contributed by atoms with E-state index in [1.165, 1.54) is 4.90 Å². The molecule has 0 aromatic heterocycles. The number of amides is 2. The summed E-state index contributed by atoms with van der Waals surface area (Å²) in [5.41, 5.74) is -0.366. The summed E-state index contributed by atoms with van der Waals surface area (Å²) < 4.78 is 5.53. The van der Waals surface area contributed by atoms with Crippen LogP contribution in [0, 0.1) is 5.92 Å². The molecule has 1 aliphatic heterocycles. The fraction of sp³-hybridized carbons (Fsp3) is 0.833. The number of nitrogens with zero attached hydrogens (tertiary/aromatic N) is 1. The van der Waals surface area contributed by atoms with Crippen LogP contribution in [0.5, 0.6) is 0 Å². The van der Waals surface area contributed by atoms with E-state index in [0.29, 0.717) is 6.61 Å². The van der Waals surface area contributed by atoms with Crippen molar-refractivity contribution in [3.8, 4) is 0 Å². The van der Waals surface area contributed by atoms with Crippen LogP contribution in [0.2, 0.25) is 0 Å². The second-order valence-corrected chi connectivity index (χ2v) is 5.36. The SMILES string of the molecule is CC(CN(C)C(=O)NC1CCOC1(C)C)C(=O)O. The second kappa shape index (κ2) is 5.56. The van der Waals surface area contributed by atoms with E-state index >= 15 is 0 Å². The average Bonchev–Trinajstić information content (AvgIpc) is 2.57. The highest BCUT2D eigenvalue weighted by Gasteiger charge is 2.37. The van der Waals surface area contributed by atoms with Gasteiger partial charge in [0.1, 0.15) is 0 Å². The molecule has 0 bridgehead atoms. The van der Waals surface area contributed by atoms with Crippen LogP contribution in [0.1, 0.15) is 27.2 Å². The largest absolute Gasteiger partial charge is 0.481 e. The smallest absolute Gasteiger partial charge is 0.317 e. The molecule has 1 aliphatic rings. The molecule has 18 heavy (non-hydrogen) atoms. The molecule has 2 atom stereocenters. The van der Waals surface area contributed by atoms with Crippen molar-refractivity contribution in [2.75, 3.05) is 20.2 Å². The zero-order valence-corrected chi connectivity index (χ0v) is 11.4. The summed E-state index contributed by atoms with van der Waals surface area (Å²) in [6.45, 7) is 6.27. The molecule has 0 aliphatic carbocycles. The number of nitrogens with one attached hydrogen (secondary N) is 1. The highest BCUT2D eigenvalue weighted by atomic mass is 16.5. The minimum Gasteiger partial charge on any atom is -0.481 e. The van der Waals surface area contributed by atoms with E-state index in [1.807, 2.05) is 13.8 Å². The molecule has 1 rings (SSSR count). The van der Waals surface area contributed by atoms with Gasteiger partial charge in [-0.25, -0.2) is 4.79 Å². The molecule has 104 valence electrons. The van der Waals surface area contributed by atoms with Gasteiger partial charge < -0.3 is 20.1 Å². The summed E-state index contributed by atoms with van der Waals surface area (Å²) in [5, 5.41) is 11.7. The fourth-order valence-corrected chi connectivity index (χ4v) is 1.97. The van der Waals surface area contributed by atoms with Crippen molar-refractivity contribution in [3.05, 3.63) is 0 Å². The Kier molecular flexibility index (Phi) is 4.56. The number of ether oxygens (including phenoxy) is 1. The molecule has 1 fully saturated rings. The number of urea groups is 1. The number of carboxylic acids is 1. The standard InChI is InChI=1S/C12H22N2O4/c1-8(10(15)16)7-14(4)11(17)13-9-5-6-18-12(9,2)3/h8-9H,5-7H2,1-4H3,(H,13,17)(H,15,16). The average molecular weight is 258 g/mol. The summed E-state index contributed by atoms with van der Waals surface area (Å²) in [5.74, 6) is -1.48. The molecular formula is C12H22N2O4. The Morgan fingerprint density at radius 3 is 2.61 bits per heavy atom. The quantitative estimate of drug-likeness (QED) is 0.785. The van der Waals surface area contributed by atoms with Crippen LogP contribution in [0.15, 0.2) is 0 Å². The van der Waals surface area contributed by atoms with Gasteiger partial charge in [-0.1, -0.05) is 6.92 Å². The Bertz CT molecular complexity index is 330. The van der Waals surface area contributed by atoms with Crippen LogP contribution in [0.25, 0.3) is 0 Å². The maximum absolute atomic E-state index is 11.9. The Labute approximate surface area is 107 Å². The van der Waals surface area contributed by atoms with Crippen LogP contribution in [-0.2, 0) is 9.53 Å². The molecule has 1 heterocycles. The van der Waals surface area contributed by atoms with Gasteiger partial charge in [0, 0.05) is 20.2 Å². The molecular weight excluding hydrogens is 236 g/mol. The fourth-order valence-electron chi connectivity index (χ4n) is 1.97. The molecule has 0 radical (unpaired) electrons. The number of carbonyl (C=O) groups is 2. The third kappa shape index (κ3) is 3.60. The number of hydrogen-bond donors (Lipinski definition) is 2. The van der Waals surface area contributed by atoms with Gasteiger partial charge in [-0.05, 0) is 20.3 Å². The summed E-state index contributed by atoms with van der Waals surface area (Å²) >= 11 is 0. The van der Waals surface area contributed by atoms with E-state index in [4.69, 9.17) is 9.84 Å². The lowest BCUT2D eigenvalue weighted by Crippen LogP contribution is -2.51. The third-order valence-electron chi connectivity index (χ3n) is 3.33. The molecule has 1 saturated heterocycles. The third-order valence-corrected chi connectivity index (χ3v) is 3.33. The van der Waals surface area contributed by atoms with E-state index in [2.05, 4.69) is 5.32 Å².